The fourth-order valence-electron chi connectivity index (χ4n) is 4.78. The van der Waals surface area contributed by atoms with Crippen LogP contribution in [0.3, 0.4) is 0 Å². The molecule has 172 valence electrons. The molecule has 5 N–H and O–H groups in total. The molecule has 4 rings (SSSR count). The normalized spacial score (nSPS) is 25.6. The van der Waals surface area contributed by atoms with Gasteiger partial charge in [0.25, 0.3) is 0 Å². The summed E-state index contributed by atoms with van der Waals surface area (Å²) in [6.45, 7) is 5.24. The Morgan fingerprint density at radius 1 is 1.22 bits per heavy atom. The van der Waals surface area contributed by atoms with Gasteiger partial charge < -0.3 is 21.7 Å². The predicted molar refractivity (Wildman–Crippen MR) is 119 cm³/mol. The zero-order valence-corrected chi connectivity index (χ0v) is 18.5. The first-order valence-electron chi connectivity index (χ1n) is 10.6. The molecule has 1 aromatic carbocycles. The van der Waals surface area contributed by atoms with E-state index in [1.165, 1.54) is 13.0 Å². The zero-order chi connectivity index (χ0) is 23.2. The Hall–Kier alpha value is -2.94. The van der Waals surface area contributed by atoms with Crippen LogP contribution < -0.4 is 16.8 Å². The highest BCUT2D eigenvalue weighted by molar-refractivity contribution is 6.01. The summed E-state index contributed by atoms with van der Waals surface area (Å²) in [7, 11) is 2.15. The predicted octanol–water partition coefficient (Wildman–Crippen LogP) is 2.82. The molecular weight excluding hydrogens is 417 g/mol. The van der Waals surface area contributed by atoms with Crippen LogP contribution in [0.25, 0.3) is 0 Å². The summed E-state index contributed by atoms with van der Waals surface area (Å²) < 4.78 is 39.7. The largest absolute Gasteiger partial charge is 0.416 e. The minimum absolute atomic E-state index is 0.0497. The number of rotatable bonds is 4. The van der Waals surface area contributed by atoms with Gasteiger partial charge in [0.2, 0.25) is 0 Å². The smallest absolute Gasteiger partial charge is 0.401 e. The Morgan fingerprint density at radius 3 is 2.56 bits per heavy atom. The van der Waals surface area contributed by atoms with Crippen molar-refractivity contribution in [3.8, 4) is 0 Å². The number of halogens is 3. The number of piperazine rings is 1. The number of nitrogens with two attached hydrogens (primary N) is 2. The molecule has 0 spiro atoms. The standard InChI is InChI=1S/C23H29F3N6/c1-13-15(5-4-6-20(13)23(24,25)26)9-30-22(28)19-8-16(10-29-21(19)14(2)27)32-12-17-7-18(32)11-31(17)3/h4-6,8,10,17-18,29H,7,9,11-12,27H2,1-3H3,(H2,28,30)/b21-14+. The van der Waals surface area contributed by atoms with E-state index in [-0.39, 0.29) is 17.9 Å². The number of likely N-dealkylation sites (tertiary alicyclic amines) is 2. The lowest BCUT2D eigenvalue weighted by Gasteiger charge is -2.35. The zero-order valence-electron chi connectivity index (χ0n) is 18.5. The van der Waals surface area contributed by atoms with Gasteiger partial charge in [-0.25, -0.2) is 0 Å². The second-order valence-electron chi connectivity index (χ2n) is 8.75. The maximum Gasteiger partial charge on any atom is 0.416 e. The second kappa shape index (κ2) is 8.20. The summed E-state index contributed by atoms with van der Waals surface area (Å²) in [4.78, 5) is 9.18. The number of likely N-dealkylation sites (N-methyl/N-ethyl adjacent to an activating group) is 1. The van der Waals surface area contributed by atoms with Gasteiger partial charge in [-0.15, -0.1) is 0 Å². The Labute approximate surface area is 186 Å². The average molecular weight is 447 g/mol. The van der Waals surface area contributed by atoms with Crippen LogP contribution in [-0.4, -0.2) is 47.9 Å². The molecule has 0 amide bonds. The van der Waals surface area contributed by atoms with Crippen molar-refractivity contribution in [2.24, 2.45) is 16.5 Å². The molecule has 3 aliphatic heterocycles. The summed E-state index contributed by atoms with van der Waals surface area (Å²) in [5.41, 5.74) is 15.3. The van der Waals surface area contributed by atoms with Crippen molar-refractivity contribution >= 4 is 5.84 Å². The molecular formula is C23H29F3N6. The number of amidine groups is 1. The van der Waals surface area contributed by atoms with Crippen LogP contribution in [0.15, 0.2) is 58.1 Å². The lowest BCUT2D eigenvalue weighted by molar-refractivity contribution is -0.138. The Kier molecular flexibility index (Phi) is 5.70. The van der Waals surface area contributed by atoms with Crippen molar-refractivity contribution in [2.75, 3.05) is 20.1 Å². The van der Waals surface area contributed by atoms with Crippen LogP contribution >= 0.6 is 0 Å². The lowest BCUT2D eigenvalue weighted by Crippen LogP contribution is -2.44. The fraction of sp³-hybridized carbons (Fsp3) is 0.435. The van der Waals surface area contributed by atoms with Crippen molar-refractivity contribution in [2.45, 2.75) is 45.1 Å². The molecule has 2 atom stereocenters. The number of dihydropyridines is 1. The highest BCUT2D eigenvalue weighted by atomic mass is 19.4. The molecule has 2 bridgehead atoms. The van der Waals surface area contributed by atoms with Crippen molar-refractivity contribution in [1.82, 2.24) is 15.1 Å². The summed E-state index contributed by atoms with van der Waals surface area (Å²) in [5, 5.41) is 3.25. The third-order valence-corrected chi connectivity index (χ3v) is 6.61. The molecule has 0 radical (unpaired) electrons. The number of hydrogen-bond acceptors (Lipinski definition) is 5. The highest BCUT2D eigenvalue weighted by Crippen LogP contribution is 2.35. The van der Waals surface area contributed by atoms with E-state index in [9.17, 15) is 13.2 Å². The Balaban J connectivity index is 1.60. The van der Waals surface area contributed by atoms with Crippen molar-refractivity contribution < 1.29 is 13.2 Å². The van der Waals surface area contributed by atoms with Gasteiger partial charge in [0.1, 0.15) is 5.84 Å². The van der Waals surface area contributed by atoms with Gasteiger partial charge >= 0.3 is 6.18 Å². The minimum Gasteiger partial charge on any atom is -0.401 e. The van der Waals surface area contributed by atoms with Gasteiger partial charge in [-0.3, -0.25) is 9.89 Å². The first kappa shape index (κ1) is 22.3. The van der Waals surface area contributed by atoms with Crippen molar-refractivity contribution in [3.63, 3.8) is 0 Å². The molecule has 3 aliphatic rings. The number of allylic oxidation sites excluding steroid dienone is 2. The Bertz CT molecular complexity index is 1030. The third kappa shape index (κ3) is 4.09. The van der Waals surface area contributed by atoms with Crippen LogP contribution in [-0.2, 0) is 12.7 Å². The molecule has 1 aromatic rings. The van der Waals surface area contributed by atoms with Gasteiger partial charge in [-0.2, -0.15) is 13.2 Å². The van der Waals surface area contributed by atoms with E-state index in [2.05, 4.69) is 27.2 Å². The summed E-state index contributed by atoms with van der Waals surface area (Å²) >= 11 is 0. The van der Waals surface area contributed by atoms with Crippen LogP contribution in [0.5, 0.6) is 0 Å². The van der Waals surface area contributed by atoms with Gasteiger partial charge in [0, 0.05) is 42.6 Å². The van der Waals surface area contributed by atoms with E-state index >= 15 is 0 Å². The summed E-state index contributed by atoms with van der Waals surface area (Å²) in [5.74, 6) is 0.237. The SMILES string of the molecule is C/C(N)=C1\NC=C(N2CC3CC2CN3C)C=C1C(N)=NCc1cccc(C(F)(F)F)c1C. The number of benzene rings is 1. The van der Waals surface area contributed by atoms with Crippen molar-refractivity contribution in [3.05, 3.63) is 69.8 Å². The quantitative estimate of drug-likeness (QED) is 0.490. The maximum absolute atomic E-state index is 13.2. The number of hydrogen-bond donors (Lipinski definition) is 3. The number of nitrogens with one attached hydrogen (secondary N) is 1. The first-order valence-corrected chi connectivity index (χ1v) is 10.6. The van der Waals surface area contributed by atoms with E-state index in [1.54, 1.807) is 13.0 Å². The van der Waals surface area contributed by atoms with E-state index in [4.69, 9.17) is 11.5 Å². The number of alkyl halides is 3. The van der Waals surface area contributed by atoms with Crippen LogP contribution in [0.4, 0.5) is 13.2 Å². The maximum atomic E-state index is 13.2. The van der Waals surface area contributed by atoms with E-state index < -0.39 is 11.7 Å². The molecule has 2 unspecified atom stereocenters. The minimum atomic E-state index is -4.40. The van der Waals surface area contributed by atoms with Crippen LogP contribution in [0.2, 0.25) is 0 Å². The molecule has 9 heteroatoms. The number of fused-ring (bicyclic) bond motifs is 2. The van der Waals surface area contributed by atoms with E-state index in [1.807, 2.05) is 12.3 Å². The van der Waals surface area contributed by atoms with E-state index in [0.29, 0.717) is 34.6 Å². The van der Waals surface area contributed by atoms with E-state index in [0.717, 1.165) is 31.3 Å². The van der Waals surface area contributed by atoms with Gasteiger partial charge in [-0.05, 0) is 50.6 Å². The third-order valence-electron chi connectivity index (χ3n) is 6.61. The van der Waals surface area contributed by atoms with Crippen LogP contribution in [0, 0.1) is 6.92 Å². The molecule has 2 fully saturated rings. The molecule has 0 aromatic heterocycles. The van der Waals surface area contributed by atoms with Gasteiger partial charge in [-0.1, -0.05) is 12.1 Å². The van der Waals surface area contributed by atoms with Crippen molar-refractivity contribution in [1.29, 1.82) is 0 Å². The lowest BCUT2D eigenvalue weighted by atomic mass is 10.0. The molecule has 6 nitrogen and oxygen atoms in total. The number of nitrogens with zero attached hydrogens (tertiary/aromatic N) is 3. The first-order chi connectivity index (χ1) is 15.1. The molecule has 0 saturated carbocycles. The summed E-state index contributed by atoms with van der Waals surface area (Å²) in [6.07, 6.45) is 0.634. The molecule has 2 saturated heterocycles. The fourth-order valence-corrected chi connectivity index (χ4v) is 4.78. The van der Waals surface area contributed by atoms with Gasteiger partial charge in [0.05, 0.1) is 23.5 Å². The van der Waals surface area contributed by atoms with Crippen LogP contribution in [0.1, 0.15) is 30.0 Å². The summed E-state index contributed by atoms with van der Waals surface area (Å²) in [6, 6.07) is 5.11. The topological polar surface area (TPSA) is 82.9 Å². The molecule has 3 heterocycles. The highest BCUT2D eigenvalue weighted by Gasteiger charge is 2.42. The monoisotopic (exact) mass is 446 g/mol. The average Bonchev–Trinajstić information content (AvgIpc) is 3.31. The Morgan fingerprint density at radius 2 is 1.97 bits per heavy atom. The van der Waals surface area contributed by atoms with Gasteiger partial charge in [0.15, 0.2) is 0 Å². The second-order valence-corrected chi connectivity index (χ2v) is 8.75. The molecule has 0 aliphatic carbocycles. The number of aliphatic imine (C=N–C) groups is 1. The molecule has 32 heavy (non-hydrogen) atoms.